The van der Waals surface area contributed by atoms with Crippen LogP contribution < -0.4 is 20.6 Å². The van der Waals surface area contributed by atoms with Crippen LogP contribution in [0.1, 0.15) is 35.1 Å². The Bertz CT molecular complexity index is 1790. The second kappa shape index (κ2) is 12.0. The Morgan fingerprint density at radius 1 is 0.829 bits per heavy atom. The van der Waals surface area contributed by atoms with Gasteiger partial charge >= 0.3 is 0 Å². The minimum atomic E-state index is -1.25. The topological polar surface area (TPSA) is 113 Å². The van der Waals surface area contributed by atoms with E-state index in [1.807, 2.05) is 37.3 Å². The van der Waals surface area contributed by atoms with Crippen LogP contribution in [0.25, 0.3) is 0 Å². The summed E-state index contributed by atoms with van der Waals surface area (Å²) in [6.45, 7) is 2.37. The maximum Gasteiger partial charge on any atom is 0.262 e. The molecule has 0 atom stereocenters. The van der Waals surface area contributed by atoms with Crippen molar-refractivity contribution in [2.24, 2.45) is 28.2 Å². The van der Waals surface area contributed by atoms with Crippen molar-refractivity contribution in [3.8, 4) is 23.3 Å². The first kappa shape index (κ1) is 30.3. The lowest BCUT2D eigenvalue weighted by Gasteiger charge is -2.24. The second-order valence-electron chi connectivity index (χ2n) is 9.36. The highest BCUT2D eigenvalue weighted by atomic mass is 79.9. The smallest absolute Gasteiger partial charge is 0.262 e. The van der Waals surface area contributed by atoms with E-state index in [4.69, 9.17) is 33.9 Å². The molecule has 4 rings (SSSR count). The molecule has 4 aromatic rings. The van der Waals surface area contributed by atoms with E-state index in [0.717, 1.165) is 5.56 Å². The lowest BCUT2D eigenvalue weighted by molar-refractivity contribution is 0.267. The number of ether oxygens (including phenoxy) is 2. The molecule has 2 heterocycles. The molecule has 2 aromatic heterocycles. The summed E-state index contributed by atoms with van der Waals surface area (Å²) in [4.78, 5) is 27.3. The fraction of sp³-hybridized carbons (Fsp3) is 0.286. The highest BCUT2D eigenvalue weighted by Gasteiger charge is 2.33. The molecule has 0 spiro atoms. The molecule has 0 bridgehead atoms. The van der Waals surface area contributed by atoms with Crippen molar-refractivity contribution in [3.05, 3.63) is 99.4 Å². The molecule has 0 saturated heterocycles. The van der Waals surface area contributed by atoms with E-state index >= 15 is 0 Å². The molecule has 13 heteroatoms. The van der Waals surface area contributed by atoms with Crippen molar-refractivity contribution in [3.63, 3.8) is 0 Å². The molecular formula is C28H29BrN4O6S2. The molecule has 0 aliphatic rings. The van der Waals surface area contributed by atoms with Gasteiger partial charge in [-0.3, -0.25) is 27.9 Å². The zero-order chi connectivity index (χ0) is 30.2. The second-order valence-corrected chi connectivity index (χ2v) is 10.9. The summed E-state index contributed by atoms with van der Waals surface area (Å²) < 4.78 is 17.6. The van der Waals surface area contributed by atoms with Crippen molar-refractivity contribution >= 4 is 40.4 Å². The summed E-state index contributed by atoms with van der Waals surface area (Å²) in [5, 5.41) is 22.5. The lowest BCUT2D eigenvalue weighted by atomic mass is 9.86. The van der Waals surface area contributed by atoms with Crippen molar-refractivity contribution < 1.29 is 19.7 Å². The molecule has 0 fully saturated rings. The van der Waals surface area contributed by atoms with E-state index in [-0.39, 0.29) is 27.3 Å². The average molecular weight is 662 g/mol. The van der Waals surface area contributed by atoms with E-state index < -0.39 is 28.8 Å². The minimum absolute atomic E-state index is 0.0689. The lowest BCUT2D eigenvalue weighted by Crippen LogP contribution is -2.33. The maximum atomic E-state index is 13.7. The molecule has 0 unspecified atom stereocenters. The molecule has 216 valence electrons. The van der Waals surface area contributed by atoms with Gasteiger partial charge in [0.1, 0.15) is 6.61 Å². The molecule has 2 aromatic carbocycles. The maximum absolute atomic E-state index is 13.7. The van der Waals surface area contributed by atoms with Crippen LogP contribution >= 0.6 is 40.4 Å². The van der Waals surface area contributed by atoms with Crippen LogP contribution in [0.5, 0.6) is 23.3 Å². The first-order valence-electron chi connectivity index (χ1n) is 12.5. The molecule has 10 nitrogen and oxygen atoms in total. The molecule has 41 heavy (non-hydrogen) atoms. The summed E-state index contributed by atoms with van der Waals surface area (Å²) in [5.41, 5.74) is -0.304. The van der Waals surface area contributed by atoms with Gasteiger partial charge in [-0.1, -0.05) is 30.3 Å². The summed E-state index contributed by atoms with van der Waals surface area (Å²) in [6, 6.07) is 12.9. The fourth-order valence-corrected chi connectivity index (χ4v) is 5.50. The predicted molar refractivity (Wildman–Crippen MR) is 163 cm³/mol. The number of rotatable bonds is 8. The fourth-order valence-electron chi connectivity index (χ4n) is 4.59. The largest absolute Gasteiger partial charge is 0.494 e. The van der Waals surface area contributed by atoms with Gasteiger partial charge in [0, 0.05) is 28.2 Å². The Morgan fingerprint density at radius 3 is 1.83 bits per heavy atom. The number of benzene rings is 2. The highest BCUT2D eigenvalue weighted by Crippen LogP contribution is 2.44. The summed E-state index contributed by atoms with van der Waals surface area (Å²) in [6.07, 6.45) is 0. The monoisotopic (exact) mass is 660 g/mol. The third-order valence-electron chi connectivity index (χ3n) is 6.80. The van der Waals surface area contributed by atoms with Crippen molar-refractivity contribution in [2.45, 2.75) is 19.4 Å². The van der Waals surface area contributed by atoms with Gasteiger partial charge in [-0.15, -0.1) is 0 Å². The molecule has 0 saturated carbocycles. The average Bonchev–Trinajstić information content (AvgIpc) is 2.96. The van der Waals surface area contributed by atoms with Crippen LogP contribution in [0.15, 0.2) is 56.5 Å². The quantitative estimate of drug-likeness (QED) is 0.265. The highest BCUT2D eigenvalue weighted by molar-refractivity contribution is 9.10. The molecule has 0 radical (unpaired) electrons. The van der Waals surface area contributed by atoms with Gasteiger partial charge in [0.2, 0.25) is 11.8 Å². The first-order chi connectivity index (χ1) is 19.4. The Hall–Kier alpha value is -3.68. The summed E-state index contributed by atoms with van der Waals surface area (Å²) in [7, 11) is 5.95. The van der Waals surface area contributed by atoms with E-state index in [0.29, 0.717) is 28.1 Å². The van der Waals surface area contributed by atoms with Crippen LogP contribution in [-0.4, -0.2) is 35.1 Å². The van der Waals surface area contributed by atoms with Gasteiger partial charge in [-0.05, 0) is 70.5 Å². The summed E-state index contributed by atoms with van der Waals surface area (Å²) >= 11 is 14.2. The van der Waals surface area contributed by atoms with Gasteiger partial charge < -0.3 is 19.7 Å². The van der Waals surface area contributed by atoms with Gasteiger partial charge in [-0.2, -0.15) is 0 Å². The Morgan fingerprint density at radius 2 is 1.34 bits per heavy atom. The number of halogens is 1. The van der Waals surface area contributed by atoms with Crippen molar-refractivity contribution in [1.29, 1.82) is 0 Å². The number of hydrogen-bond donors (Lipinski definition) is 2. The van der Waals surface area contributed by atoms with Crippen molar-refractivity contribution in [2.75, 3.05) is 6.61 Å². The standard InChI is InChI=1S/C28H29BrN4O6S2/c1-6-38-18-13-16(12-17(29)22(18)39-14-15-10-8-7-9-11-15)19(20-23(34)30(2)27(40)31(3)24(20)35)21-25(36)32(4)28(41)33(5)26(21)37/h7-13,19,34,36H,6,14H2,1-5H3. The number of nitrogens with zero attached hydrogens (tertiary/aromatic N) is 4. The Kier molecular flexibility index (Phi) is 8.90. The third-order valence-corrected chi connectivity index (χ3v) is 8.49. The minimum Gasteiger partial charge on any atom is -0.494 e. The van der Waals surface area contributed by atoms with Gasteiger partial charge in [0.15, 0.2) is 21.0 Å². The first-order valence-corrected chi connectivity index (χ1v) is 14.1. The van der Waals surface area contributed by atoms with Gasteiger partial charge in [0.25, 0.3) is 11.1 Å². The predicted octanol–water partition coefficient (Wildman–Crippen LogP) is 4.55. The van der Waals surface area contributed by atoms with Crippen LogP contribution in [0, 0.1) is 9.54 Å². The molecule has 0 aliphatic carbocycles. The van der Waals surface area contributed by atoms with E-state index in [1.54, 1.807) is 12.1 Å². The van der Waals surface area contributed by atoms with E-state index in [2.05, 4.69) is 15.9 Å². The third kappa shape index (κ3) is 5.48. The van der Waals surface area contributed by atoms with Crippen molar-refractivity contribution in [1.82, 2.24) is 18.3 Å². The molecular weight excluding hydrogens is 632 g/mol. The molecule has 0 aliphatic heterocycles. The van der Waals surface area contributed by atoms with E-state index in [1.165, 1.54) is 46.5 Å². The van der Waals surface area contributed by atoms with Gasteiger partial charge in [0.05, 0.1) is 28.1 Å². The normalized spacial score (nSPS) is 11.2. The zero-order valence-corrected chi connectivity index (χ0v) is 26.3. The number of aromatic nitrogens is 4. The number of aromatic hydroxyl groups is 2. The zero-order valence-electron chi connectivity index (χ0n) is 23.0. The Balaban J connectivity index is 2.06. The van der Waals surface area contributed by atoms with Gasteiger partial charge in [-0.25, -0.2) is 0 Å². The van der Waals surface area contributed by atoms with Crippen LogP contribution in [-0.2, 0) is 34.8 Å². The molecule has 0 amide bonds. The molecule has 2 N–H and O–H groups in total. The van der Waals surface area contributed by atoms with Crippen LogP contribution in [0.4, 0.5) is 0 Å². The Labute approximate surface area is 254 Å². The summed E-state index contributed by atoms with van der Waals surface area (Å²) in [5.74, 6) is -1.42. The van der Waals surface area contributed by atoms with Crippen LogP contribution in [0.2, 0.25) is 0 Å². The number of hydrogen-bond acceptors (Lipinski definition) is 8. The van der Waals surface area contributed by atoms with Crippen LogP contribution in [0.3, 0.4) is 0 Å². The van der Waals surface area contributed by atoms with E-state index in [9.17, 15) is 19.8 Å². The SMILES string of the molecule is CCOc1cc(C(c2c(O)n(C)c(=S)n(C)c2=O)c2c(O)n(C)c(=S)n(C)c2=O)cc(Br)c1OCc1ccccc1.